The van der Waals surface area contributed by atoms with Crippen molar-refractivity contribution < 1.29 is 28.5 Å². The third kappa shape index (κ3) is 6.42. The van der Waals surface area contributed by atoms with Crippen molar-refractivity contribution in [3.63, 3.8) is 0 Å². The zero-order valence-corrected chi connectivity index (χ0v) is 20.6. The molecule has 37 heavy (non-hydrogen) atoms. The molecule has 0 bridgehead atoms. The van der Waals surface area contributed by atoms with Crippen LogP contribution in [-0.4, -0.2) is 65.6 Å². The highest BCUT2D eigenvalue weighted by molar-refractivity contribution is 5.88. The molecule has 2 amide bonds. The Hall–Kier alpha value is -4.87. The standard InChI is InChI=1S/C25H26N6O6/c1-16(32)27-17-5-4-6-19(13-17)37-15-23(33)26-11-12-36-24-10-9-22-28-29-25(31(22)30-24)20-8-7-18(34-2)14-21(20)35-3/h4-10,13-14H,11-12,15H2,1-3H3,(H,26,33)(H,27,32). The predicted molar refractivity (Wildman–Crippen MR) is 134 cm³/mol. The summed E-state index contributed by atoms with van der Waals surface area (Å²) in [4.78, 5) is 23.3. The van der Waals surface area contributed by atoms with Crippen molar-refractivity contribution in [2.75, 3.05) is 39.3 Å². The topological polar surface area (TPSA) is 138 Å². The van der Waals surface area contributed by atoms with Crippen molar-refractivity contribution in [2.24, 2.45) is 0 Å². The zero-order chi connectivity index (χ0) is 26.2. The first-order valence-electron chi connectivity index (χ1n) is 11.3. The van der Waals surface area contributed by atoms with E-state index >= 15 is 0 Å². The largest absolute Gasteiger partial charge is 0.497 e. The van der Waals surface area contributed by atoms with Crippen LogP contribution in [0, 0.1) is 0 Å². The average molecular weight is 507 g/mol. The minimum absolute atomic E-state index is 0.179. The van der Waals surface area contributed by atoms with Crippen LogP contribution in [0.1, 0.15) is 6.92 Å². The van der Waals surface area contributed by atoms with E-state index in [1.54, 1.807) is 67.3 Å². The first-order chi connectivity index (χ1) is 18.0. The quantitative estimate of drug-likeness (QED) is 0.294. The van der Waals surface area contributed by atoms with Crippen molar-refractivity contribution in [1.29, 1.82) is 0 Å². The van der Waals surface area contributed by atoms with E-state index in [9.17, 15) is 9.59 Å². The molecule has 2 heterocycles. The third-order valence-corrected chi connectivity index (χ3v) is 5.09. The Kier molecular flexibility index (Phi) is 7.98. The molecular weight excluding hydrogens is 480 g/mol. The Labute approximate surface area is 212 Å². The van der Waals surface area contributed by atoms with E-state index in [4.69, 9.17) is 18.9 Å². The lowest BCUT2D eigenvalue weighted by atomic mass is 10.2. The minimum Gasteiger partial charge on any atom is -0.497 e. The average Bonchev–Trinajstić information content (AvgIpc) is 3.32. The van der Waals surface area contributed by atoms with E-state index in [-0.39, 0.29) is 31.6 Å². The highest BCUT2D eigenvalue weighted by Crippen LogP contribution is 2.32. The minimum atomic E-state index is -0.315. The van der Waals surface area contributed by atoms with E-state index in [0.29, 0.717) is 45.9 Å². The van der Waals surface area contributed by atoms with Crippen molar-refractivity contribution in [3.8, 4) is 34.5 Å². The van der Waals surface area contributed by atoms with Gasteiger partial charge < -0.3 is 29.6 Å². The number of amides is 2. The molecule has 4 aromatic rings. The maximum atomic E-state index is 12.1. The second kappa shape index (κ2) is 11.7. The molecule has 2 aromatic carbocycles. The van der Waals surface area contributed by atoms with Crippen LogP contribution < -0.4 is 29.6 Å². The van der Waals surface area contributed by atoms with Gasteiger partial charge in [0, 0.05) is 30.8 Å². The van der Waals surface area contributed by atoms with Gasteiger partial charge in [-0.25, -0.2) is 0 Å². The van der Waals surface area contributed by atoms with Gasteiger partial charge in [-0.2, -0.15) is 4.52 Å². The van der Waals surface area contributed by atoms with Crippen LogP contribution in [0.5, 0.6) is 23.1 Å². The first-order valence-corrected chi connectivity index (χ1v) is 11.3. The second-order valence-electron chi connectivity index (χ2n) is 7.73. The van der Waals surface area contributed by atoms with Crippen LogP contribution in [0.25, 0.3) is 17.0 Å². The van der Waals surface area contributed by atoms with Crippen molar-refractivity contribution in [2.45, 2.75) is 6.92 Å². The van der Waals surface area contributed by atoms with Crippen molar-refractivity contribution in [3.05, 3.63) is 54.6 Å². The van der Waals surface area contributed by atoms with E-state index in [0.717, 1.165) is 0 Å². The smallest absolute Gasteiger partial charge is 0.258 e. The lowest BCUT2D eigenvalue weighted by Gasteiger charge is -2.10. The molecule has 4 rings (SSSR count). The molecule has 0 saturated carbocycles. The van der Waals surface area contributed by atoms with E-state index in [1.807, 2.05) is 6.07 Å². The van der Waals surface area contributed by atoms with Gasteiger partial charge in [0.1, 0.15) is 23.9 Å². The zero-order valence-electron chi connectivity index (χ0n) is 20.6. The Morgan fingerprint density at radius 1 is 0.946 bits per heavy atom. The normalized spacial score (nSPS) is 10.6. The van der Waals surface area contributed by atoms with Gasteiger partial charge in [-0.3, -0.25) is 9.59 Å². The summed E-state index contributed by atoms with van der Waals surface area (Å²) < 4.78 is 23.5. The molecule has 0 unspecified atom stereocenters. The Morgan fingerprint density at radius 2 is 1.81 bits per heavy atom. The van der Waals surface area contributed by atoms with Crippen LogP contribution in [0.3, 0.4) is 0 Å². The van der Waals surface area contributed by atoms with Gasteiger partial charge in [0.2, 0.25) is 11.8 Å². The number of nitrogens with one attached hydrogen (secondary N) is 2. The number of nitrogens with zero attached hydrogens (tertiary/aromatic N) is 4. The maximum absolute atomic E-state index is 12.1. The van der Waals surface area contributed by atoms with E-state index in [2.05, 4.69) is 25.9 Å². The molecule has 0 spiro atoms. The SMILES string of the molecule is COc1ccc(-c2nnc3ccc(OCCNC(=O)COc4cccc(NC(C)=O)c4)nn23)c(OC)c1. The summed E-state index contributed by atoms with van der Waals surface area (Å²) in [6.45, 7) is 1.67. The summed E-state index contributed by atoms with van der Waals surface area (Å²) in [6.07, 6.45) is 0. The number of carbonyl (C=O) groups excluding carboxylic acids is 2. The number of fused-ring (bicyclic) bond motifs is 1. The van der Waals surface area contributed by atoms with Crippen LogP contribution in [0.2, 0.25) is 0 Å². The third-order valence-electron chi connectivity index (χ3n) is 5.09. The molecular formula is C25H26N6O6. The lowest BCUT2D eigenvalue weighted by molar-refractivity contribution is -0.123. The molecule has 0 fully saturated rings. The second-order valence-corrected chi connectivity index (χ2v) is 7.73. The van der Waals surface area contributed by atoms with Gasteiger partial charge in [0.25, 0.3) is 5.91 Å². The molecule has 12 heteroatoms. The molecule has 2 aromatic heterocycles. The molecule has 2 N–H and O–H groups in total. The fraction of sp³-hybridized carbons (Fsp3) is 0.240. The number of hydrogen-bond acceptors (Lipinski definition) is 9. The molecule has 0 aliphatic rings. The molecule has 0 saturated heterocycles. The molecule has 0 atom stereocenters. The van der Waals surface area contributed by atoms with Crippen LogP contribution in [-0.2, 0) is 9.59 Å². The fourth-order valence-corrected chi connectivity index (χ4v) is 3.41. The van der Waals surface area contributed by atoms with Gasteiger partial charge >= 0.3 is 0 Å². The highest BCUT2D eigenvalue weighted by atomic mass is 16.5. The monoisotopic (exact) mass is 506 g/mol. The number of rotatable bonds is 11. The summed E-state index contributed by atoms with van der Waals surface area (Å²) >= 11 is 0. The van der Waals surface area contributed by atoms with Crippen molar-refractivity contribution >= 4 is 23.1 Å². The number of hydrogen-bond donors (Lipinski definition) is 2. The van der Waals surface area contributed by atoms with Gasteiger partial charge in [-0.05, 0) is 30.3 Å². The summed E-state index contributed by atoms with van der Waals surface area (Å²) in [5.41, 5.74) is 1.81. The van der Waals surface area contributed by atoms with Gasteiger partial charge in [-0.1, -0.05) is 6.07 Å². The molecule has 192 valence electrons. The van der Waals surface area contributed by atoms with E-state index in [1.165, 1.54) is 6.92 Å². The first kappa shape index (κ1) is 25.2. The Balaban J connectivity index is 1.31. The fourth-order valence-electron chi connectivity index (χ4n) is 3.41. The number of benzene rings is 2. The Bertz CT molecular complexity index is 1410. The number of aromatic nitrogens is 4. The van der Waals surface area contributed by atoms with Gasteiger partial charge in [0.15, 0.2) is 18.1 Å². The van der Waals surface area contributed by atoms with E-state index < -0.39 is 0 Å². The maximum Gasteiger partial charge on any atom is 0.258 e. The summed E-state index contributed by atoms with van der Waals surface area (Å²) in [6, 6.07) is 15.6. The molecule has 0 aliphatic carbocycles. The predicted octanol–water partition coefficient (Wildman–Crippen LogP) is 2.34. The van der Waals surface area contributed by atoms with Gasteiger partial charge in [0.05, 0.1) is 26.3 Å². The van der Waals surface area contributed by atoms with Crippen LogP contribution >= 0.6 is 0 Å². The molecule has 12 nitrogen and oxygen atoms in total. The number of methoxy groups -OCH3 is 2. The Morgan fingerprint density at radius 3 is 2.59 bits per heavy atom. The molecule has 0 aliphatic heterocycles. The summed E-state index contributed by atoms with van der Waals surface area (Å²) in [5.74, 6) is 1.99. The summed E-state index contributed by atoms with van der Waals surface area (Å²) in [5, 5.41) is 18.2. The lowest BCUT2D eigenvalue weighted by Crippen LogP contribution is -2.32. The van der Waals surface area contributed by atoms with Crippen LogP contribution in [0.4, 0.5) is 5.69 Å². The van der Waals surface area contributed by atoms with Gasteiger partial charge in [-0.15, -0.1) is 15.3 Å². The van der Waals surface area contributed by atoms with Crippen molar-refractivity contribution in [1.82, 2.24) is 25.1 Å². The highest BCUT2D eigenvalue weighted by Gasteiger charge is 2.16. The van der Waals surface area contributed by atoms with Crippen LogP contribution in [0.15, 0.2) is 54.6 Å². The summed E-state index contributed by atoms with van der Waals surface area (Å²) in [7, 11) is 3.14. The number of carbonyl (C=O) groups is 2. The number of anilines is 1. The number of ether oxygens (including phenoxy) is 4. The molecule has 0 radical (unpaired) electrons.